The fraction of sp³-hybridized carbons (Fsp3) is 0.600. The molecule has 0 atom stereocenters. The van der Waals surface area contributed by atoms with Gasteiger partial charge in [-0.3, -0.25) is 0 Å². The van der Waals surface area contributed by atoms with Crippen molar-refractivity contribution in [3.63, 3.8) is 0 Å². The first-order chi connectivity index (χ1) is 12.0. The standard InChI is InChI=1S/C20H34ClO3P/c1-5-9-16-22-25(21,23-17-10-6-2,24-18-11-7-3)20-14-12-19(8-4)13-15-20/h8,12-15H,4-7,9-11,16-18H2,1-3H3. The Morgan fingerprint density at radius 1 is 0.840 bits per heavy atom. The monoisotopic (exact) mass is 388 g/mol. The van der Waals surface area contributed by atoms with Crippen molar-refractivity contribution in [3.05, 3.63) is 36.4 Å². The van der Waals surface area contributed by atoms with E-state index >= 15 is 0 Å². The number of hydrogen-bond acceptors (Lipinski definition) is 3. The zero-order valence-electron chi connectivity index (χ0n) is 16.0. The molecule has 0 N–H and O–H groups in total. The zero-order chi connectivity index (χ0) is 18.6. The van der Waals surface area contributed by atoms with E-state index in [1.807, 2.05) is 24.3 Å². The van der Waals surface area contributed by atoms with Gasteiger partial charge >= 0.3 is 158 Å². The number of rotatable bonds is 14. The molecule has 0 amide bonds. The summed E-state index contributed by atoms with van der Waals surface area (Å²) in [5.41, 5.74) is 1.03. The van der Waals surface area contributed by atoms with Crippen LogP contribution in [0, 0.1) is 0 Å². The molecule has 3 nitrogen and oxygen atoms in total. The molecule has 25 heavy (non-hydrogen) atoms. The summed E-state index contributed by atoms with van der Waals surface area (Å²) in [4.78, 5) is 0. The van der Waals surface area contributed by atoms with Crippen molar-refractivity contribution in [2.45, 2.75) is 59.3 Å². The second-order valence-corrected chi connectivity index (χ2v) is 10.8. The minimum absolute atomic E-state index is 0.527. The summed E-state index contributed by atoms with van der Waals surface area (Å²) in [5.74, 6) is 0. The average molecular weight is 389 g/mol. The predicted octanol–water partition coefficient (Wildman–Crippen LogP) is 6.86. The van der Waals surface area contributed by atoms with Gasteiger partial charge in [-0.1, -0.05) is 0 Å². The van der Waals surface area contributed by atoms with E-state index < -0.39 is 6.64 Å². The summed E-state index contributed by atoms with van der Waals surface area (Å²) in [6, 6.07) is 7.85. The summed E-state index contributed by atoms with van der Waals surface area (Å²) in [6.07, 6.45) is 7.66. The summed E-state index contributed by atoms with van der Waals surface area (Å²) >= 11 is 7.16. The SMILES string of the molecule is C=Cc1ccc(P(Cl)(OCCCC)(OCCCC)OCCCC)cc1. The molecule has 0 bridgehead atoms. The fourth-order valence-corrected chi connectivity index (χ4v) is 5.85. The van der Waals surface area contributed by atoms with Gasteiger partial charge < -0.3 is 0 Å². The van der Waals surface area contributed by atoms with Gasteiger partial charge in [0.25, 0.3) is 0 Å². The van der Waals surface area contributed by atoms with E-state index in [1.165, 1.54) is 0 Å². The Labute approximate surface area is 158 Å². The van der Waals surface area contributed by atoms with Crippen LogP contribution >= 0.6 is 17.9 Å². The summed E-state index contributed by atoms with van der Waals surface area (Å²) < 4.78 is 18.7. The van der Waals surface area contributed by atoms with E-state index in [4.69, 9.17) is 24.8 Å². The first-order valence-corrected chi connectivity index (χ1v) is 12.3. The third-order valence-electron chi connectivity index (χ3n) is 3.97. The van der Waals surface area contributed by atoms with Crippen LogP contribution in [0.1, 0.15) is 64.9 Å². The third-order valence-corrected chi connectivity index (χ3v) is 8.42. The number of halogens is 1. The molecule has 1 aromatic rings. The topological polar surface area (TPSA) is 27.7 Å². The van der Waals surface area contributed by atoms with E-state index in [0.29, 0.717) is 19.8 Å². The fourth-order valence-electron chi connectivity index (χ4n) is 2.28. The quantitative estimate of drug-likeness (QED) is 0.257. The van der Waals surface area contributed by atoms with Crippen LogP contribution in [0.3, 0.4) is 0 Å². The van der Waals surface area contributed by atoms with E-state index in [1.54, 1.807) is 6.08 Å². The molecule has 0 spiro atoms. The van der Waals surface area contributed by atoms with Crippen molar-refractivity contribution in [3.8, 4) is 0 Å². The van der Waals surface area contributed by atoms with Crippen LogP contribution in [0.25, 0.3) is 6.08 Å². The molecule has 0 saturated heterocycles. The van der Waals surface area contributed by atoms with Gasteiger partial charge in [-0.15, -0.1) is 0 Å². The van der Waals surface area contributed by atoms with Crippen LogP contribution in [0.2, 0.25) is 0 Å². The Balaban J connectivity index is 3.20. The zero-order valence-corrected chi connectivity index (χ0v) is 17.7. The van der Waals surface area contributed by atoms with Crippen molar-refractivity contribution in [2.75, 3.05) is 19.8 Å². The molecule has 0 aliphatic rings. The second-order valence-electron chi connectivity index (χ2n) is 6.14. The minimum atomic E-state index is -3.88. The van der Waals surface area contributed by atoms with Crippen molar-refractivity contribution >= 4 is 29.3 Å². The van der Waals surface area contributed by atoms with Gasteiger partial charge in [-0.25, -0.2) is 0 Å². The van der Waals surface area contributed by atoms with Gasteiger partial charge in [0.1, 0.15) is 0 Å². The number of benzene rings is 1. The first-order valence-electron chi connectivity index (χ1n) is 9.45. The summed E-state index contributed by atoms with van der Waals surface area (Å²) in [7, 11) is 0. The van der Waals surface area contributed by atoms with Crippen LogP contribution in [-0.2, 0) is 13.6 Å². The van der Waals surface area contributed by atoms with Gasteiger partial charge in [0.2, 0.25) is 0 Å². The summed E-state index contributed by atoms with van der Waals surface area (Å²) in [6.45, 7) is 7.89. The van der Waals surface area contributed by atoms with Gasteiger partial charge in [-0.2, -0.15) is 0 Å². The van der Waals surface area contributed by atoms with Crippen molar-refractivity contribution < 1.29 is 13.6 Å². The molecule has 5 heteroatoms. The molecule has 0 heterocycles. The van der Waals surface area contributed by atoms with Gasteiger partial charge in [-0.05, 0) is 0 Å². The molecule has 0 fully saturated rings. The molecular weight excluding hydrogens is 355 g/mol. The van der Waals surface area contributed by atoms with E-state index in [2.05, 4.69) is 27.4 Å². The Morgan fingerprint density at radius 2 is 1.24 bits per heavy atom. The second kappa shape index (κ2) is 11.3. The van der Waals surface area contributed by atoms with Crippen LogP contribution in [0.5, 0.6) is 0 Å². The molecule has 1 aromatic carbocycles. The molecule has 0 saturated carbocycles. The van der Waals surface area contributed by atoms with Crippen LogP contribution in [0.15, 0.2) is 30.8 Å². The van der Waals surface area contributed by atoms with E-state index in [9.17, 15) is 0 Å². The molecule has 1 rings (SSSR count). The Morgan fingerprint density at radius 3 is 1.56 bits per heavy atom. The average Bonchev–Trinajstić information content (AvgIpc) is 2.63. The van der Waals surface area contributed by atoms with Crippen molar-refractivity contribution in [2.24, 2.45) is 0 Å². The molecule has 0 aliphatic heterocycles. The molecule has 144 valence electrons. The normalized spacial score (nSPS) is 13.4. The third kappa shape index (κ3) is 6.66. The summed E-state index contributed by atoms with van der Waals surface area (Å²) in [5, 5.41) is 0.793. The maximum absolute atomic E-state index is 7.16. The maximum atomic E-state index is 7.16. The van der Waals surface area contributed by atoms with Crippen LogP contribution in [0.4, 0.5) is 0 Å². The van der Waals surface area contributed by atoms with E-state index in [-0.39, 0.29) is 0 Å². The molecule has 0 aliphatic carbocycles. The van der Waals surface area contributed by atoms with Crippen molar-refractivity contribution in [1.82, 2.24) is 0 Å². The first kappa shape index (κ1) is 22.6. The predicted molar refractivity (Wildman–Crippen MR) is 112 cm³/mol. The van der Waals surface area contributed by atoms with Crippen LogP contribution < -0.4 is 5.30 Å². The Bertz CT molecular complexity index is 475. The van der Waals surface area contributed by atoms with Crippen molar-refractivity contribution in [1.29, 1.82) is 0 Å². The van der Waals surface area contributed by atoms with Gasteiger partial charge in [0.05, 0.1) is 0 Å². The van der Waals surface area contributed by atoms with Gasteiger partial charge in [0, 0.05) is 0 Å². The number of unbranched alkanes of at least 4 members (excludes halogenated alkanes) is 3. The van der Waals surface area contributed by atoms with Crippen LogP contribution in [-0.4, -0.2) is 19.8 Å². The Kier molecular flexibility index (Phi) is 10.2. The number of hydrogen-bond donors (Lipinski definition) is 0. The molecule has 0 unspecified atom stereocenters. The van der Waals surface area contributed by atoms with Gasteiger partial charge in [0.15, 0.2) is 0 Å². The molecule has 0 aromatic heterocycles. The molecule has 0 radical (unpaired) electrons. The van der Waals surface area contributed by atoms with E-state index in [0.717, 1.165) is 49.4 Å². The Hall–Kier alpha value is -0.440. The molecular formula is C20H34ClO3P.